The van der Waals surface area contributed by atoms with E-state index in [1.54, 1.807) is 19.1 Å². The minimum absolute atomic E-state index is 0.131. The number of nitrogens with zero attached hydrogens (tertiary/aromatic N) is 1. The molecule has 94 valence electrons. The van der Waals surface area contributed by atoms with Crippen molar-refractivity contribution in [2.24, 2.45) is 5.73 Å². The zero-order valence-corrected chi connectivity index (χ0v) is 9.77. The molecule has 1 heterocycles. The Morgan fingerprint density at radius 2 is 2.28 bits per heavy atom. The fourth-order valence-corrected chi connectivity index (χ4v) is 1.66. The molecule has 18 heavy (non-hydrogen) atoms. The highest BCUT2D eigenvalue weighted by Gasteiger charge is 2.16. The quantitative estimate of drug-likeness (QED) is 0.712. The van der Waals surface area contributed by atoms with E-state index in [1.165, 1.54) is 12.3 Å². The highest BCUT2D eigenvalue weighted by molar-refractivity contribution is 5.99. The number of amides is 1. The highest BCUT2D eigenvalue weighted by atomic mass is 19.1. The molecular formula is C12H13FN4O. The number of carbonyl (C=O) groups excluding carboxylic acids is 1. The van der Waals surface area contributed by atoms with Gasteiger partial charge in [-0.1, -0.05) is 0 Å². The number of rotatable bonds is 3. The fourth-order valence-electron chi connectivity index (χ4n) is 1.66. The molecule has 0 saturated heterocycles. The van der Waals surface area contributed by atoms with Crippen molar-refractivity contribution in [3.8, 4) is 0 Å². The first-order chi connectivity index (χ1) is 8.50. The van der Waals surface area contributed by atoms with Crippen LogP contribution in [0.2, 0.25) is 0 Å². The van der Waals surface area contributed by atoms with E-state index in [0.717, 1.165) is 0 Å². The lowest BCUT2D eigenvalue weighted by Crippen LogP contribution is -2.32. The van der Waals surface area contributed by atoms with Gasteiger partial charge in [0.1, 0.15) is 6.04 Å². The Bertz CT molecular complexity index is 614. The van der Waals surface area contributed by atoms with Crippen LogP contribution in [0.4, 0.5) is 15.8 Å². The van der Waals surface area contributed by atoms with Crippen LogP contribution < -0.4 is 16.8 Å². The average Bonchev–Trinajstić information content (AvgIpc) is 2.34. The number of nitrogens with one attached hydrogen (secondary N) is 1. The molecule has 1 aromatic heterocycles. The van der Waals surface area contributed by atoms with E-state index in [0.29, 0.717) is 16.6 Å². The molecule has 1 amide bonds. The summed E-state index contributed by atoms with van der Waals surface area (Å²) in [4.78, 5) is 15.1. The Balaban J connectivity index is 2.59. The maximum atomic E-state index is 13.9. The largest absolute Gasteiger partial charge is 0.398 e. The van der Waals surface area contributed by atoms with Crippen LogP contribution in [0.1, 0.15) is 6.92 Å². The molecule has 0 fully saturated rings. The molecule has 1 atom stereocenters. The van der Waals surface area contributed by atoms with Crippen LogP contribution in [0.5, 0.6) is 0 Å². The van der Waals surface area contributed by atoms with E-state index in [2.05, 4.69) is 10.3 Å². The van der Waals surface area contributed by atoms with Crippen molar-refractivity contribution in [3.05, 3.63) is 30.2 Å². The third-order valence-corrected chi connectivity index (χ3v) is 2.66. The molecule has 6 heteroatoms. The number of benzene rings is 1. The number of nitrogen functional groups attached to an aromatic ring is 1. The topological polar surface area (TPSA) is 94.0 Å². The Hall–Kier alpha value is -2.37. The number of nitrogens with two attached hydrogens (primary N) is 2. The number of anilines is 2. The van der Waals surface area contributed by atoms with Crippen LogP contribution in [0, 0.1) is 5.82 Å². The molecule has 5 nitrogen and oxygen atoms in total. The summed E-state index contributed by atoms with van der Waals surface area (Å²) in [5.41, 5.74) is 11.7. The minimum Gasteiger partial charge on any atom is -0.398 e. The van der Waals surface area contributed by atoms with Gasteiger partial charge in [-0.2, -0.15) is 0 Å². The SMILES string of the molecule is CC(Nc1c(F)cc(N)c2cccnc12)C(N)=O. The number of primary amides is 1. The maximum Gasteiger partial charge on any atom is 0.239 e. The van der Waals surface area contributed by atoms with Crippen LogP contribution in [0.15, 0.2) is 24.4 Å². The van der Waals surface area contributed by atoms with E-state index < -0.39 is 17.8 Å². The minimum atomic E-state index is -0.701. The molecule has 0 aliphatic heterocycles. The Kier molecular flexibility index (Phi) is 3.01. The smallest absolute Gasteiger partial charge is 0.239 e. The molecule has 5 N–H and O–H groups in total. The summed E-state index contributed by atoms with van der Waals surface area (Å²) in [6.07, 6.45) is 1.53. The van der Waals surface area contributed by atoms with E-state index in [-0.39, 0.29) is 5.69 Å². The predicted molar refractivity (Wildman–Crippen MR) is 68.4 cm³/mol. The third kappa shape index (κ3) is 2.04. The van der Waals surface area contributed by atoms with Crippen LogP contribution in [0.25, 0.3) is 10.9 Å². The maximum absolute atomic E-state index is 13.9. The Morgan fingerprint density at radius 1 is 1.56 bits per heavy atom. The second kappa shape index (κ2) is 4.48. The normalized spacial score (nSPS) is 12.3. The summed E-state index contributed by atoms with van der Waals surface area (Å²) in [6, 6.07) is 3.93. The monoisotopic (exact) mass is 248 g/mol. The molecule has 0 aliphatic carbocycles. The number of hydrogen-bond acceptors (Lipinski definition) is 4. The van der Waals surface area contributed by atoms with Crippen LogP contribution >= 0.6 is 0 Å². The van der Waals surface area contributed by atoms with Gasteiger partial charge in [0, 0.05) is 17.3 Å². The lowest BCUT2D eigenvalue weighted by Gasteiger charge is -2.15. The molecule has 0 bridgehead atoms. The van der Waals surface area contributed by atoms with Crippen molar-refractivity contribution < 1.29 is 9.18 Å². The zero-order valence-electron chi connectivity index (χ0n) is 9.77. The van der Waals surface area contributed by atoms with Gasteiger partial charge in [0.25, 0.3) is 0 Å². The summed E-state index contributed by atoms with van der Waals surface area (Å²) in [7, 11) is 0. The van der Waals surface area contributed by atoms with Crippen molar-refractivity contribution in [1.82, 2.24) is 4.98 Å². The lowest BCUT2D eigenvalue weighted by atomic mass is 10.1. The van der Waals surface area contributed by atoms with Crippen molar-refractivity contribution in [1.29, 1.82) is 0 Å². The number of hydrogen-bond donors (Lipinski definition) is 3. The molecule has 0 saturated carbocycles. The summed E-state index contributed by atoms with van der Waals surface area (Å²) < 4.78 is 13.9. The summed E-state index contributed by atoms with van der Waals surface area (Å²) in [6.45, 7) is 1.55. The third-order valence-electron chi connectivity index (χ3n) is 2.66. The van der Waals surface area contributed by atoms with Gasteiger partial charge in [0.05, 0.1) is 11.2 Å². The van der Waals surface area contributed by atoms with Gasteiger partial charge in [-0.05, 0) is 25.1 Å². The molecule has 1 unspecified atom stereocenters. The van der Waals surface area contributed by atoms with E-state index >= 15 is 0 Å². The van der Waals surface area contributed by atoms with Gasteiger partial charge in [-0.15, -0.1) is 0 Å². The highest BCUT2D eigenvalue weighted by Crippen LogP contribution is 2.29. The van der Waals surface area contributed by atoms with Gasteiger partial charge in [-0.25, -0.2) is 4.39 Å². The molecule has 0 spiro atoms. The number of fused-ring (bicyclic) bond motifs is 1. The second-order valence-electron chi connectivity index (χ2n) is 3.99. The van der Waals surface area contributed by atoms with Gasteiger partial charge < -0.3 is 16.8 Å². The second-order valence-corrected chi connectivity index (χ2v) is 3.99. The summed E-state index contributed by atoms with van der Waals surface area (Å²) in [5.74, 6) is -1.14. The van der Waals surface area contributed by atoms with E-state index in [4.69, 9.17) is 11.5 Å². The fraction of sp³-hybridized carbons (Fsp3) is 0.167. The van der Waals surface area contributed by atoms with Gasteiger partial charge in [0.2, 0.25) is 5.91 Å². The molecule has 1 aromatic carbocycles. The van der Waals surface area contributed by atoms with Crippen LogP contribution in [0.3, 0.4) is 0 Å². The van der Waals surface area contributed by atoms with Gasteiger partial charge >= 0.3 is 0 Å². The molecule has 0 radical (unpaired) electrons. The first kappa shape index (κ1) is 12.1. The average molecular weight is 248 g/mol. The Labute approximate surface area is 103 Å². The first-order valence-corrected chi connectivity index (χ1v) is 5.39. The van der Waals surface area contributed by atoms with Crippen molar-refractivity contribution >= 4 is 28.2 Å². The van der Waals surface area contributed by atoms with Crippen LogP contribution in [-0.4, -0.2) is 16.9 Å². The molecule has 2 rings (SSSR count). The van der Waals surface area contributed by atoms with E-state index in [9.17, 15) is 9.18 Å². The zero-order chi connectivity index (χ0) is 13.3. The predicted octanol–water partition coefficient (Wildman–Crippen LogP) is 1.24. The van der Waals surface area contributed by atoms with Crippen molar-refractivity contribution in [3.63, 3.8) is 0 Å². The van der Waals surface area contributed by atoms with Gasteiger partial charge in [-0.3, -0.25) is 9.78 Å². The number of halogens is 1. The Morgan fingerprint density at radius 3 is 2.94 bits per heavy atom. The first-order valence-electron chi connectivity index (χ1n) is 5.39. The van der Waals surface area contributed by atoms with E-state index in [1.807, 2.05) is 0 Å². The molecule has 0 aliphatic rings. The standard InChI is InChI=1S/C12H13FN4O/c1-6(12(15)18)17-11-8(13)5-9(14)7-3-2-4-16-10(7)11/h2-6,17H,14H2,1H3,(H2,15,18). The number of aromatic nitrogens is 1. The van der Waals surface area contributed by atoms with Gasteiger partial charge in [0.15, 0.2) is 5.82 Å². The molecule has 2 aromatic rings. The molecular weight excluding hydrogens is 235 g/mol. The van der Waals surface area contributed by atoms with Crippen molar-refractivity contribution in [2.45, 2.75) is 13.0 Å². The van der Waals surface area contributed by atoms with Crippen LogP contribution in [-0.2, 0) is 4.79 Å². The lowest BCUT2D eigenvalue weighted by molar-refractivity contribution is -0.118. The summed E-state index contributed by atoms with van der Waals surface area (Å²) >= 11 is 0. The number of pyridine rings is 1. The summed E-state index contributed by atoms with van der Waals surface area (Å²) in [5, 5.41) is 3.34. The van der Waals surface area contributed by atoms with Crippen molar-refractivity contribution in [2.75, 3.05) is 11.1 Å². The number of carbonyl (C=O) groups is 1.